The van der Waals surface area contributed by atoms with Gasteiger partial charge < -0.3 is 20.4 Å². The Hall–Kier alpha value is -2.30. The highest BCUT2D eigenvalue weighted by Crippen LogP contribution is 2.03. The molecule has 8 heteroatoms. The van der Waals surface area contributed by atoms with Gasteiger partial charge in [-0.1, -0.05) is 0 Å². The van der Waals surface area contributed by atoms with Crippen molar-refractivity contribution >= 4 is 18.0 Å². The lowest BCUT2D eigenvalue weighted by Gasteiger charge is -2.24. The average molecular weight is 285 g/mol. The highest BCUT2D eigenvalue weighted by atomic mass is 16.4. The quantitative estimate of drug-likeness (QED) is 0.595. The smallest absolute Gasteiger partial charge is 0.326 e. The van der Waals surface area contributed by atoms with Crippen LogP contribution in [0.15, 0.2) is 0 Å². The van der Waals surface area contributed by atoms with E-state index in [4.69, 9.17) is 15.5 Å². The Balaban J connectivity index is 4.60. The number of hydrogen-bond acceptors (Lipinski definition) is 4. The number of carbonyl (C=O) groups is 3. The van der Waals surface area contributed by atoms with Gasteiger partial charge >= 0.3 is 18.0 Å². The second kappa shape index (κ2) is 8.74. The van der Waals surface area contributed by atoms with E-state index in [1.165, 1.54) is 4.90 Å². The number of nitriles is 1. The molecule has 0 aliphatic heterocycles. The van der Waals surface area contributed by atoms with E-state index in [1.54, 1.807) is 13.8 Å². The molecule has 0 fully saturated rings. The van der Waals surface area contributed by atoms with Crippen molar-refractivity contribution in [3.8, 4) is 6.07 Å². The van der Waals surface area contributed by atoms with Crippen LogP contribution in [0.4, 0.5) is 4.79 Å². The fourth-order valence-electron chi connectivity index (χ4n) is 1.49. The third-order valence-electron chi connectivity index (χ3n) is 2.63. The number of nitrogens with zero attached hydrogens (tertiary/aromatic N) is 2. The molecule has 112 valence electrons. The van der Waals surface area contributed by atoms with Crippen LogP contribution in [-0.4, -0.2) is 52.2 Å². The van der Waals surface area contributed by atoms with E-state index in [-0.39, 0.29) is 25.3 Å². The number of rotatable bonds is 8. The first kappa shape index (κ1) is 17.7. The van der Waals surface area contributed by atoms with Crippen molar-refractivity contribution in [3.05, 3.63) is 0 Å². The fraction of sp³-hybridized carbons (Fsp3) is 0.667. The molecule has 0 saturated heterocycles. The number of urea groups is 1. The molecule has 2 atom stereocenters. The first-order valence-corrected chi connectivity index (χ1v) is 6.21. The van der Waals surface area contributed by atoms with Gasteiger partial charge in [0, 0.05) is 19.5 Å². The molecule has 0 bridgehead atoms. The second-order valence-electron chi connectivity index (χ2n) is 4.34. The van der Waals surface area contributed by atoms with Crippen LogP contribution in [0.25, 0.3) is 0 Å². The summed E-state index contributed by atoms with van der Waals surface area (Å²) in [7, 11) is 0. The zero-order valence-electron chi connectivity index (χ0n) is 11.5. The Morgan fingerprint density at radius 2 is 1.95 bits per heavy atom. The molecule has 3 N–H and O–H groups in total. The van der Waals surface area contributed by atoms with Crippen LogP contribution in [0.1, 0.15) is 26.7 Å². The number of aliphatic carboxylic acids is 2. The van der Waals surface area contributed by atoms with Crippen LogP contribution < -0.4 is 5.32 Å². The molecule has 0 spiro atoms. The number of amides is 2. The summed E-state index contributed by atoms with van der Waals surface area (Å²) < 4.78 is 0. The van der Waals surface area contributed by atoms with Crippen molar-refractivity contribution in [3.63, 3.8) is 0 Å². The summed E-state index contributed by atoms with van der Waals surface area (Å²) >= 11 is 0. The molecule has 0 aliphatic rings. The van der Waals surface area contributed by atoms with Gasteiger partial charge in [-0.3, -0.25) is 4.79 Å². The summed E-state index contributed by atoms with van der Waals surface area (Å²) in [5, 5.41) is 28.4. The largest absolute Gasteiger partial charge is 0.481 e. The third kappa shape index (κ3) is 6.58. The van der Waals surface area contributed by atoms with Crippen LogP contribution in [0.5, 0.6) is 0 Å². The van der Waals surface area contributed by atoms with Gasteiger partial charge in [-0.15, -0.1) is 0 Å². The zero-order chi connectivity index (χ0) is 15.7. The normalized spacial score (nSPS) is 12.8. The summed E-state index contributed by atoms with van der Waals surface area (Å²) in [5.41, 5.74) is 0. The minimum absolute atomic E-state index is 0.185. The lowest BCUT2D eigenvalue weighted by atomic mass is 10.1. The molecule has 20 heavy (non-hydrogen) atoms. The lowest BCUT2D eigenvalue weighted by molar-refractivity contribution is -0.140. The van der Waals surface area contributed by atoms with Gasteiger partial charge in [0.05, 0.1) is 12.0 Å². The topological polar surface area (TPSA) is 131 Å². The highest BCUT2D eigenvalue weighted by molar-refractivity contribution is 5.83. The van der Waals surface area contributed by atoms with Crippen molar-refractivity contribution < 1.29 is 24.6 Å². The maximum absolute atomic E-state index is 11.9. The molecule has 0 aromatic carbocycles. The van der Waals surface area contributed by atoms with Crippen LogP contribution in [0, 0.1) is 17.2 Å². The first-order chi connectivity index (χ1) is 9.31. The van der Waals surface area contributed by atoms with Crippen molar-refractivity contribution in [1.82, 2.24) is 10.2 Å². The van der Waals surface area contributed by atoms with E-state index < -0.39 is 24.0 Å². The zero-order valence-corrected chi connectivity index (χ0v) is 11.5. The van der Waals surface area contributed by atoms with E-state index in [2.05, 4.69) is 5.32 Å². The molecule has 0 heterocycles. The highest BCUT2D eigenvalue weighted by Gasteiger charge is 2.24. The van der Waals surface area contributed by atoms with Gasteiger partial charge in [0.15, 0.2) is 0 Å². The number of carboxylic acid groups (broad SMARTS) is 2. The van der Waals surface area contributed by atoms with Gasteiger partial charge in [-0.2, -0.15) is 5.26 Å². The van der Waals surface area contributed by atoms with Gasteiger partial charge in [0.1, 0.15) is 6.04 Å². The number of carbonyl (C=O) groups excluding carboxylic acids is 1. The van der Waals surface area contributed by atoms with Crippen LogP contribution in [0.3, 0.4) is 0 Å². The Kier molecular flexibility index (Phi) is 7.74. The third-order valence-corrected chi connectivity index (χ3v) is 2.63. The van der Waals surface area contributed by atoms with Crippen LogP contribution >= 0.6 is 0 Å². The standard InChI is InChI=1S/C12H19N3O5/c1-3-15(7-8(2)6-13)12(20)14-9(11(18)19)4-5-10(16)17/h8-9H,3-5,7H2,1-2H3,(H,14,20)(H,16,17)(H,18,19)/t8?,9-/m0/s1. The van der Waals surface area contributed by atoms with Crippen molar-refractivity contribution in [1.29, 1.82) is 5.26 Å². The maximum atomic E-state index is 11.9. The van der Waals surface area contributed by atoms with Crippen molar-refractivity contribution in [2.45, 2.75) is 32.7 Å². The molecule has 2 amide bonds. The molecule has 0 rings (SSSR count). The maximum Gasteiger partial charge on any atom is 0.326 e. The minimum atomic E-state index is -1.29. The molecule has 0 aromatic rings. The molecule has 8 nitrogen and oxygen atoms in total. The van der Waals surface area contributed by atoms with E-state index in [9.17, 15) is 14.4 Å². The van der Waals surface area contributed by atoms with Gasteiger partial charge in [0.2, 0.25) is 0 Å². The fourth-order valence-corrected chi connectivity index (χ4v) is 1.49. The average Bonchev–Trinajstić information content (AvgIpc) is 2.39. The molecule has 0 saturated carbocycles. The number of hydrogen-bond donors (Lipinski definition) is 3. The van der Waals surface area contributed by atoms with Crippen LogP contribution in [0.2, 0.25) is 0 Å². The summed E-state index contributed by atoms with van der Waals surface area (Å²) in [6, 6.07) is 0.108. The Morgan fingerprint density at radius 1 is 1.35 bits per heavy atom. The Labute approximate surface area is 117 Å². The van der Waals surface area contributed by atoms with Gasteiger partial charge in [0.25, 0.3) is 0 Å². The SMILES string of the molecule is CCN(CC(C)C#N)C(=O)N[C@@H](CCC(=O)O)C(=O)O. The number of nitrogens with one attached hydrogen (secondary N) is 1. The van der Waals surface area contributed by atoms with E-state index in [1.807, 2.05) is 6.07 Å². The summed E-state index contributed by atoms with van der Waals surface area (Å²) in [6.07, 6.45) is -0.542. The van der Waals surface area contributed by atoms with E-state index >= 15 is 0 Å². The van der Waals surface area contributed by atoms with Crippen molar-refractivity contribution in [2.75, 3.05) is 13.1 Å². The minimum Gasteiger partial charge on any atom is -0.481 e. The van der Waals surface area contributed by atoms with Crippen LogP contribution in [-0.2, 0) is 9.59 Å². The number of carboxylic acids is 2. The first-order valence-electron chi connectivity index (χ1n) is 6.21. The predicted octanol–water partition coefficient (Wildman–Crippen LogP) is 0.496. The summed E-state index contributed by atoms with van der Waals surface area (Å²) in [4.78, 5) is 34.6. The van der Waals surface area contributed by atoms with Gasteiger partial charge in [-0.05, 0) is 20.3 Å². The molecular formula is C12H19N3O5. The Bertz CT molecular complexity index is 404. The molecule has 0 aromatic heterocycles. The molecule has 1 unspecified atom stereocenters. The predicted molar refractivity (Wildman–Crippen MR) is 68.8 cm³/mol. The summed E-state index contributed by atoms with van der Waals surface area (Å²) in [6.45, 7) is 3.86. The van der Waals surface area contributed by atoms with Gasteiger partial charge in [-0.25, -0.2) is 9.59 Å². The van der Waals surface area contributed by atoms with E-state index in [0.29, 0.717) is 6.54 Å². The lowest BCUT2D eigenvalue weighted by Crippen LogP contribution is -2.49. The monoisotopic (exact) mass is 285 g/mol. The van der Waals surface area contributed by atoms with E-state index in [0.717, 1.165) is 0 Å². The molecule has 0 radical (unpaired) electrons. The van der Waals surface area contributed by atoms with Crippen molar-refractivity contribution in [2.24, 2.45) is 5.92 Å². The molecule has 0 aliphatic carbocycles. The second-order valence-corrected chi connectivity index (χ2v) is 4.34. The summed E-state index contributed by atoms with van der Waals surface area (Å²) in [5.74, 6) is -2.79. The molecular weight excluding hydrogens is 266 g/mol. The Morgan fingerprint density at radius 3 is 2.35 bits per heavy atom.